The number of anilines is 1. The van der Waals surface area contributed by atoms with Gasteiger partial charge in [0, 0.05) is 12.5 Å². The maximum Gasteiger partial charge on any atom is 0.253 e. The summed E-state index contributed by atoms with van der Waals surface area (Å²) in [6.07, 6.45) is 6.81. The fourth-order valence-corrected chi connectivity index (χ4v) is 2.99. The lowest BCUT2D eigenvalue weighted by atomic mass is 9.89. The first-order valence-corrected chi connectivity index (χ1v) is 8.62. The Kier molecular flexibility index (Phi) is 6.93. The number of rotatable bonds is 5. The highest BCUT2D eigenvalue weighted by atomic mass is 32.1. The molecule has 0 heterocycles. The zero-order valence-corrected chi connectivity index (χ0v) is 14.5. The predicted octanol–water partition coefficient (Wildman–Crippen LogP) is 3.00. The summed E-state index contributed by atoms with van der Waals surface area (Å²) in [6, 6.07) is 7.03. The standard InChI is InChI=1S/C18H23N3O2S/c1-2-12-19-17(23)14-10-6-7-11-15(14)20-18(24)21-16(22)13-8-4-3-5-9-13/h2,6-7,10-11,13H,1,3-5,8-9,12H2,(H,19,23)(H2,20,21,22,24). The largest absolute Gasteiger partial charge is 0.349 e. The fourth-order valence-electron chi connectivity index (χ4n) is 2.78. The van der Waals surface area contributed by atoms with Gasteiger partial charge in [0.2, 0.25) is 5.91 Å². The molecule has 2 rings (SSSR count). The van der Waals surface area contributed by atoms with Gasteiger partial charge in [-0.15, -0.1) is 6.58 Å². The Balaban J connectivity index is 1.97. The molecule has 1 aromatic carbocycles. The molecule has 1 saturated carbocycles. The Morgan fingerprint density at radius 2 is 1.92 bits per heavy atom. The van der Waals surface area contributed by atoms with E-state index in [0.29, 0.717) is 17.8 Å². The maximum absolute atomic E-state index is 12.2. The van der Waals surface area contributed by atoms with Crippen LogP contribution in [0.15, 0.2) is 36.9 Å². The third kappa shape index (κ3) is 5.16. The van der Waals surface area contributed by atoms with Gasteiger partial charge in [0.15, 0.2) is 5.11 Å². The van der Waals surface area contributed by atoms with Gasteiger partial charge in [0.1, 0.15) is 0 Å². The number of benzene rings is 1. The summed E-state index contributed by atoms with van der Waals surface area (Å²) in [6.45, 7) is 3.96. The molecule has 0 aromatic heterocycles. The molecule has 24 heavy (non-hydrogen) atoms. The minimum atomic E-state index is -0.223. The molecule has 0 atom stereocenters. The van der Waals surface area contributed by atoms with Crippen LogP contribution in [0.4, 0.5) is 5.69 Å². The van der Waals surface area contributed by atoms with Gasteiger partial charge >= 0.3 is 0 Å². The van der Waals surface area contributed by atoms with E-state index in [1.165, 1.54) is 6.42 Å². The van der Waals surface area contributed by atoms with Gasteiger partial charge in [-0.3, -0.25) is 9.59 Å². The predicted molar refractivity (Wildman–Crippen MR) is 99.9 cm³/mol. The van der Waals surface area contributed by atoms with Gasteiger partial charge in [0.05, 0.1) is 11.3 Å². The van der Waals surface area contributed by atoms with Gasteiger partial charge < -0.3 is 16.0 Å². The Hall–Kier alpha value is -2.21. The smallest absolute Gasteiger partial charge is 0.253 e. The highest BCUT2D eigenvalue weighted by molar-refractivity contribution is 7.80. The highest BCUT2D eigenvalue weighted by Gasteiger charge is 2.22. The van der Waals surface area contributed by atoms with Gasteiger partial charge in [0.25, 0.3) is 5.91 Å². The topological polar surface area (TPSA) is 70.2 Å². The number of thiocarbonyl (C=S) groups is 1. The number of nitrogens with one attached hydrogen (secondary N) is 3. The lowest BCUT2D eigenvalue weighted by Gasteiger charge is -2.21. The lowest BCUT2D eigenvalue weighted by molar-refractivity contribution is -0.124. The Bertz CT molecular complexity index is 624. The summed E-state index contributed by atoms with van der Waals surface area (Å²) < 4.78 is 0. The van der Waals surface area contributed by atoms with E-state index in [9.17, 15) is 9.59 Å². The van der Waals surface area contributed by atoms with Crippen molar-refractivity contribution in [3.63, 3.8) is 0 Å². The molecule has 0 saturated heterocycles. The molecule has 1 fully saturated rings. The lowest BCUT2D eigenvalue weighted by Crippen LogP contribution is -2.39. The van der Waals surface area contributed by atoms with Crippen LogP contribution in [0, 0.1) is 5.92 Å². The second-order valence-electron chi connectivity index (χ2n) is 5.82. The molecule has 0 aliphatic heterocycles. The highest BCUT2D eigenvalue weighted by Crippen LogP contribution is 2.23. The van der Waals surface area contributed by atoms with Crippen molar-refractivity contribution in [1.82, 2.24) is 10.6 Å². The minimum Gasteiger partial charge on any atom is -0.349 e. The molecule has 6 heteroatoms. The first kappa shape index (κ1) is 18.1. The molecule has 1 aliphatic rings. The summed E-state index contributed by atoms with van der Waals surface area (Å²) >= 11 is 5.22. The zero-order valence-electron chi connectivity index (χ0n) is 13.6. The van der Waals surface area contributed by atoms with Crippen molar-refractivity contribution in [1.29, 1.82) is 0 Å². The molecule has 0 radical (unpaired) electrons. The molecule has 128 valence electrons. The van der Waals surface area contributed by atoms with Crippen LogP contribution in [0.5, 0.6) is 0 Å². The van der Waals surface area contributed by atoms with E-state index in [2.05, 4.69) is 22.5 Å². The SMILES string of the molecule is C=CCNC(=O)c1ccccc1NC(=S)NC(=O)C1CCCCC1. The van der Waals surface area contributed by atoms with E-state index < -0.39 is 0 Å². The van der Waals surface area contributed by atoms with E-state index in [1.807, 2.05) is 0 Å². The number of carbonyl (C=O) groups is 2. The quantitative estimate of drug-likeness (QED) is 0.567. The van der Waals surface area contributed by atoms with Crippen molar-refractivity contribution >= 4 is 34.8 Å². The average Bonchev–Trinajstić information content (AvgIpc) is 2.60. The summed E-state index contributed by atoms with van der Waals surface area (Å²) in [5.74, 6) is -0.232. The van der Waals surface area contributed by atoms with E-state index >= 15 is 0 Å². The van der Waals surface area contributed by atoms with Crippen molar-refractivity contribution in [3.8, 4) is 0 Å². The minimum absolute atomic E-state index is 0.0321. The number of hydrogen-bond donors (Lipinski definition) is 3. The molecule has 0 unspecified atom stereocenters. The summed E-state index contributed by atoms with van der Waals surface area (Å²) in [5, 5.41) is 8.64. The summed E-state index contributed by atoms with van der Waals surface area (Å²) in [5.41, 5.74) is 1.03. The van der Waals surface area contributed by atoms with Crippen LogP contribution < -0.4 is 16.0 Å². The van der Waals surface area contributed by atoms with Crippen LogP contribution in [-0.2, 0) is 4.79 Å². The average molecular weight is 345 g/mol. The van der Waals surface area contributed by atoms with E-state index in [0.717, 1.165) is 25.7 Å². The van der Waals surface area contributed by atoms with Crippen molar-refractivity contribution in [3.05, 3.63) is 42.5 Å². The van der Waals surface area contributed by atoms with Gasteiger partial charge in [-0.2, -0.15) is 0 Å². The Morgan fingerprint density at radius 3 is 2.62 bits per heavy atom. The van der Waals surface area contributed by atoms with Gasteiger partial charge in [-0.05, 0) is 37.2 Å². The fraction of sp³-hybridized carbons (Fsp3) is 0.389. The first-order chi connectivity index (χ1) is 11.6. The molecule has 5 nitrogen and oxygen atoms in total. The van der Waals surface area contributed by atoms with Gasteiger partial charge in [-0.25, -0.2) is 0 Å². The zero-order chi connectivity index (χ0) is 17.4. The Labute approximate surface area is 147 Å². The monoisotopic (exact) mass is 345 g/mol. The van der Waals surface area contributed by atoms with E-state index in [1.54, 1.807) is 30.3 Å². The van der Waals surface area contributed by atoms with Crippen molar-refractivity contribution in [2.45, 2.75) is 32.1 Å². The molecule has 1 aliphatic carbocycles. The van der Waals surface area contributed by atoms with Crippen LogP contribution in [0.1, 0.15) is 42.5 Å². The van der Waals surface area contributed by atoms with Crippen LogP contribution in [0.3, 0.4) is 0 Å². The molecular weight excluding hydrogens is 322 g/mol. The molecule has 0 bridgehead atoms. The van der Waals surface area contributed by atoms with Crippen LogP contribution in [-0.4, -0.2) is 23.5 Å². The van der Waals surface area contributed by atoms with E-state index in [-0.39, 0.29) is 22.8 Å². The number of hydrogen-bond acceptors (Lipinski definition) is 3. The second-order valence-corrected chi connectivity index (χ2v) is 6.23. The normalized spacial score (nSPS) is 14.5. The molecule has 0 spiro atoms. The molecule has 1 aromatic rings. The van der Waals surface area contributed by atoms with E-state index in [4.69, 9.17) is 12.2 Å². The summed E-state index contributed by atoms with van der Waals surface area (Å²) in [7, 11) is 0. The van der Waals surface area contributed by atoms with Crippen LogP contribution in [0.25, 0.3) is 0 Å². The first-order valence-electron chi connectivity index (χ1n) is 8.21. The van der Waals surface area contributed by atoms with Crippen molar-refractivity contribution < 1.29 is 9.59 Å². The number of amides is 2. The summed E-state index contributed by atoms with van der Waals surface area (Å²) in [4.78, 5) is 24.4. The maximum atomic E-state index is 12.2. The third-order valence-electron chi connectivity index (χ3n) is 4.04. The number of carbonyl (C=O) groups excluding carboxylic acids is 2. The van der Waals surface area contributed by atoms with Crippen LogP contribution in [0.2, 0.25) is 0 Å². The third-order valence-corrected chi connectivity index (χ3v) is 4.24. The van der Waals surface area contributed by atoms with Gasteiger partial charge in [-0.1, -0.05) is 37.5 Å². The van der Waals surface area contributed by atoms with Crippen LogP contribution >= 0.6 is 12.2 Å². The molecular formula is C18H23N3O2S. The molecule has 3 N–H and O–H groups in total. The van der Waals surface area contributed by atoms with Crippen molar-refractivity contribution in [2.75, 3.05) is 11.9 Å². The number of para-hydroxylation sites is 1. The second kappa shape index (κ2) is 9.17. The Morgan fingerprint density at radius 1 is 1.21 bits per heavy atom. The molecule has 2 amide bonds. The van der Waals surface area contributed by atoms with Crippen molar-refractivity contribution in [2.24, 2.45) is 5.92 Å².